The van der Waals surface area contributed by atoms with Gasteiger partial charge in [-0.25, -0.2) is 0 Å². The Bertz CT molecular complexity index is 48.3. The maximum Gasteiger partial charge on any atom is 0.0587 e. The molecule has 0 aromatic rings. The van der Waals surface area contributed by atoms with Crippen molar-refractivity contribution in [3.8, 4) is 6.07 Å². The smallest absolute Gasteiger partial charge is 0.0587 e. The summed E-state index contributed by atoms with van der Waals surface area (Å²) >= 11 is 0. The van der Waals surface area contributed by atoms with Gasteiger partial charge >= 0.3 is 0 Å². The Kier molecular flexibility index (Phi) is 4.04. The molecule has 0 radical (unpaired) electrons. The highest BCUT2D eigenvalue weighted by Gasteiger charge is 1.91. The standard InChI is InChI=1S/C2H5N.C2H3N/c1-2-3-1;1-2-3/h3H,1-2H2;1H3. The van der Waals surface area contributed by atoms with Crippen LogP contribution in [-0.2, 0) is 0 Å². The van der Waals surface area contributed by atoms with Crippen LogP contribution in [0.25, 0.3) is 0 Å². The third-order valence-electron chi connectivity index (χ3n) is 0.250. The summed E-state index contributed by atoms with van der Waals surface area (Å²) in [5.41, 5.74) is 0. The zero-order valence-corrected chi connectivity index (χ0v) is 3.86. The first-order chi connectivity index (χ1) is 2.91. The number of hydrogen-bond acceptors (Lipinski definition) is 2. The average Bonchev–Trinajstić information content (AvgIpc) is 2.11. The van der Waals surface area contributed by atoms with Crippen molar-refractivity contribution >= 4 is 0 Å². The van der Waals surface area contributed by atoms with Crippen molar-refractivity contribution in [1.82, 2.24) is 5.32 Å². The van der Waals surface area contributed by atoms with Crippen molar-refractivity contribution in [3.05, 3.63) is 0 Å². The molecule has 0 saturated carbocycles. The average molecular weight is 84.1 g/mol. The highest BCUT2D eigenvalue weighted by atomic mass is 15.0. The number of nitrogens with one attached hydrogen (secondary N) is 1. The Morgan fingerprint density at radius 1 is 1.67 bits per heavy atom. The summed E-state index contributed by atoms with van der Waals surface area (Å²) in [6, 6.07) is 1.75. The molecule has 1 aliphatic heterocycles. The van der Waals surface area contributed by atoms with E-state index in [-0.39, 0.29) is 0 Å². The quantitative estimate of drug-likeness (QED) is 0.424. The molecule has 1 rings (SSSR count). The van der Waals surface area contributed by atoms with E-state index in [2.05, 4.69) is 5.32 Å². The molecule has 0 amide bonds. The highest BCUT2D eigenvalue weighted by Crippen LogP contribution is 1.65. The van der Waals surface area contributed by atoms with Crippen molar-refractivity contribution < 1.29 is 0 Å². The van der Waals surface area contributed by atoms with E-state index in [1.807, 2.05) is 0 Å². The van der Waals surface area contributed by atoms with Gasteiger partial charge in [0.05, 0.1) is 6.07 Å². The molecular weight excluding hydrogens is 76.1 g/mol. The minimum absolute atomic E-state index is 1.25. The van der Waals surface area contributed by atoms with Crippen LogP contribution < -0.4 is 5.32 Å². The van der Waals surface area contributed by atoms with Crippen molar-refractivity contribution in [2.75, 3.05) is 13.1 Å². The second-order valence-electron chi connectivity index (χ2n) is 0.974. The molecule has 0 bridgehead atoms. The van der Waals surface area contributed by atoms with E-state index in [0.717, 1.165) is 0 Å². The molecule has 0 aromatic heterocycles. The van der Waals surface area contributed by atoms with Gasteiger partial charge in [-0.1, -0.05) is 0 Å². The van der Waals surface area contributed by atoms with E-state index in [1.54, 1.807) is 6.07 Å². The van der Waals surface area contributed by atoms with Crippen LogP contribution >= 0.6 is 0 Å². The fourth-order valence-corrected chi connectivity index (χ4v) is 0. The zero-order chi connectivity index (χ0) is 4.83. The molecule has 0 aliphatic carbocycles. The molecule has 2 heteroatoms. The minimum Gasteiger partial charge on any atom is -0.314 e. The van der Waals surface area contributed by atoms with Crippen LogP contribution in [0.15, 0.2) is 0 Å². The first-order valence-electron chi connectivity index (χ1n) is 1.93. The van der Waals surface area contributed by atoms with Crippen LogP contribution in [0.4, 0.5) is 0 Å². The van der Waals surface area contributed by atoms with Crippen LogP contribution in [0, 0.1) is 11.3 Å². The summed E-state index contributed by atoms with van der Waals surface area (Å²) in [6.45, 7) is 3.93. The maximum atomic E-state index is 7.32. The summed E-state index contributed by atoms with van der Waals surface area (Å²) in [4.78, 5) is 0. The fraction of sp³-hybridized carbons (Fsp3) is 0.750. The third-order valence-corrected chi connectivity index (χ3v) is 0.250. The topological polar surface area (TPSA) is 45.7 Å². The van der Waals surface area contributed by atoms with Gasteiger partial charge in [0.15, 0.2) is 0 Å². The molecule has 34 valence electrons. The van der Waals surface area contributed by atoms with Crippen LogP contribution in [0.2, 0.25) is 0 Å². The minimum atomic E-state index is 1.25. The van der Waals surface area contributed by atoms with Crippen molar-refractivity contribution in [2.24, 2.45) is 0 Å². The van der Waals surface area contributed by atoms with E-state index in [1.165, 1.54) is 20.0 Å². The normalized spacial score (nSPS) is 13.3. The van der Waals surface area contributed by atoms with Gasteiger partial charge in [0.25, 0.3) is 0 Å². The summed E-state index contributed by atoms with van der Waals surface area (Å²) in [5.74, 6) is 0. The molecule has 0 unspecified atom stereocenters. The first-order valence-corrected chi connectivity index (χ1v) is 1.93. The van der Waals surface area contributed by atoms with E-state index in [0.29, 0.717) is 0 Å². The number of hydrogen-bond donors (Lipinski definition) is 1. The Morgan fingerprint density at radius 3 is 1.83 bits per heavy atom. The zero-order valence-electron chi connectivity index (χ0n) is 3.86. The lowest BCUT2D eigenvalue weighted by atomic mass is 11.0. The second kappa shape index (κ2) is 4.45. The van der Waals surface area contributed by atoms with Gasteiger partial charge in [0.2, 0.25) is 0 Å². The molecule has 2 nitrogen and oxygen atoms in total. The summed E-state index contributed by atoms with van der Waals surface area (Å²) in [5, 5.41) is 10.3. The van der Waals surface area contributed by atoms with Crippen LogP contribution in [0.1, 0.15) is 6.92 Å². The largest absolute Gasteiger partial charge is 0.314 e. The lowest BCUT2D eigenvalue weighted by Crippen LogP contribution is -1.56. The molecule has 1 heterocycles. The Hall–Kier alpha value is -0.550. The molecule has 0 aromatic carbocycles. The number of nitrogens with zero attached hydrogens (tertiary/aromatic N) is 1. The predicted octanol–water partition coefficient (Wildman–Crippen LogP) is 0.119. The molecule has 0 spiro atoms. The summed E-state index contributed by atoms with van der Waals surface area (Å²) < 4.78 is 0. The van der Waals surface area contributed by atoms with E-state index in [9.17, 15) is 0 Å². The summed E-state index contributed by atoms with van der Waals surface area (Å²) in [7, 11) is 0. The van der Waals surface area contributed by atoms with Gasteiger partial charge in [-0.05, 0) is 0 Å². The summed E-state index contributed by atoms with van der Waals surface area (Å²) in [6.07, 6.45) is 0. The SMILES string of the molecule is C1CN1.CC#N. The Balaban J connectivity index is 0.0000000833. The van der Waals surface area contributed by atoms with Gasteiger partial charge < -0.3 is 5.32 Å². The molecule has 0 atom stereocenters. The Morgan fingerprint density at radius 2 is 1.83 bits per heavy atom. The van der Waals surface area contributed by atoms with Gasteiger partial charge in [0.1, 0.15) is 0 Å². The Labute approximate surface area is 37.8 Å². The van der Waals surface area contributed by atoms with E-state index < -0.39 is 0 Å². The monoisotopic (exact) mass is 84.1 g/mol. The van der Waals surface area contributed by atoms with Crippen molar-refractivity contribution in [1.29, 1.82) is 5.26 Å². The molecule has 1 aliphatic rings. The lowest BCUT2D eigenvalue weighted by Gasteiger charge is -1.21. The third kappa shape index (κ3) is 102. The van der Waals surface area contributed by atoms with Gasteiger partial charge in [-0.2, -0.15) is 5.26 Å². The molecule has 1 saturated heterocycles. The van der Waals surface area contributed by atoms with Crippen molar-refractivity contribution in [3.63, 3.8) is 0 Å². The molecule has 1 fully saturated rings. The molecular formula is C4H8N2. The van der Waals surface area contributed by atoms with Crippen LogP contribution in [0.5, 0.6) is 0 Å². The van der Waals surface area contributed by atoms with E-state index >= 15 is 0 Å². The predicted molar refractivity (Wildman–Crippen MR) is 24.2 cm³/mol. The first kappa shape index (κ1) is 5.45. The number of rotatable bonds is 0. The van der Waals surface area contributed by atoms with Crippen LogP contribution in [-0.4, -0.2) is 13.1 Å². The second-order valence-corrected chi connectivity index (χ2v) is 0.974. The van der Waals surface area contributed by atoms with Gasteiger partial charge in [-0.3, -0.25) is 0 Å². The highest BCUT2D eigenvalue weighted by molar-refractivity contribution is 4.58. The van der Waals surface area contributed by atoms with Gasteiger partial charge in [0, 0.05) is 20.0 Å². The van der Waals surface area contributed by atoms with Gasteiger partial charge in [-0.15, -0.1) is 0 Å². The van der Waals surface area contributed by atoms with Crippen molar-refractivity contribution in [2.45, 2.75) is 6.92 Å². The molecule has 6 heavy (non-hydrogen) atoms. The van der Waals surface area contributed by atoms with Crippen LogP contribution in [0.3, 0.4) is 0 Å². The number of nitriles is 1. The molecule has 1 N–H and O–H groups in total. The maximum absolute atomic E-state index is 7.32. The lowest BCUT2D eigenvalue weighted by molar-refractivity contribution is 1.34. The van der Waals surface area contributed by atoms with E-state index in [4.69, 9.17) is 5.26 Å². The fourth-order valence-electron chi connectivity index (χ4n) is 0.